The first kappa shape index (κ1) is 38.1. The Labute approximate surface area is 288 Å². The number of hydrogen-bond acceptors (Lipinski definition) is 10. The van der Waals surface area contributed by atoms with Crippen LogP contribution in [0.1, 0.15) is 45.7 Å². The van der Waals surface area contributed by atoms with Crippen molar-refractivity contribution in [3.63, 3.8) is 0 Å². The molecule has 0 saturated heterocycles. The monoisotopic (exact) mass is 682 g/mol. The summed E-state index contributed by atoms with van der Waals surface area (Å²) in [4.78, 5) is 62.3. The molecule has 258 valence electrons. The Morgan fingerprint density at radius 3 is 1.60 bits per heavy atom. The van der Waals surface area contributed by atoms with Gasteiger partial charge in [-0.25, -0.2) is 28.4 Å². The molecule has 0 aliphatic rings. The van der Waals surface area contributed by atoms with E-state index in [1.807, 2.05) is 0 Å². The lowest BCUT2D eigenvalue weighted by atomic mass is 9.93. The van der Waals surface area contributed by atoms with Gasteiger partial charge in [0.15, 0.2) is 11.6 Å². The highest BCUT2D eigenvalue weighted by Crippen LogP contribution is 2.44. The fourth-order valence-corrected chi connectivity index (χ4v) is 4.10. The molecule has 0 aliphatic carbocycles. The van der Waals surface area contributed by atoms with E-state index in [1.54, 1.807) is 19.1 Å². The molecule has 0 heterocycles. The van der Waals surface area contributed by atoms with Crippen LogP contribution in [0.2, 0.25) is 0 Å². The molecule has 0 fully saturated rings. The van der Waals surface area contributed by atoms with E-state index in [1.165, 1.54) is 58.9 Å². The van der Waals surface area contributed by atoms with Crippen molar-refractivity contribution in [1.29, 1.82) is 0 Å². The van der Waals surface area contributed by atoms with Crippen LogP contribution in [0.4, 0.5) is 4.39 Å². The van der Waals surface area contributed by atoms with Gasteiger partial charge >= 0.3 is 29.8 Å². The number of carbonyl (C=O) groups excluding carboxylic acids is 5. The van der Waals surface area contributed by atoms with Crippen molar-refractivity contribution in [3.8, 4) is 39.9 Å². The molecule has 0 spiro atoms. The molecule has 0 N–H and O–H groups in total. The Morgan fingerprint density at radius 1 is 0.600 bits per heavy atom. The largest absolute Gasteiger partial charge is 0.423 e. The first-order chi connectivity index (χ1) is 23.4. The lowest BCUT2D eigenvalue weighted by Gasteiger charge is -2.21. The highest BCUT2D eigenvalue weighted by atomic mass is 19.1. The second kappa shape index (κ2) is 16.2. The summed E-state index contributed by atoms with van der Waals surface area (Å²) < 4.78 is 41.5. The summed E-state index contributed by atoms with van der Waals surface area (Å²) in [7, 11) is 0. The minimum absolute atomic E-state index is 0.0113. The van der Waals surface area contributed by atoms with Crippen LogP contribution in [-0.4, -0.2) is 29.8 Å². The summed E-state index contributed by atoms with van der Waals surface area (Å²) in [6, 6.07) is 10.9. The Bertz CT molecular complexity index is 2000. The molecule has 0 unspecified atom stereocenters. The number of esters is 5. The minimum Gasteiger partial charge on any atom is -0.423 e. The molecule has 0 atom stereocenters. The van der Waals surface area contributed by atoms with Gasteiger partial charge in [0.1, 0.15) is 23.0 Å². The van der Waals surface area contributed by atoms with Gasteiger partial charge < -0.3 is 23.7 Å². The van der Waals surface area contributed by atoms with Crippen LogP contribution < -0.4 is 23.7 Å². The highest BCUT2D eigenvalue weighted by molar-refractivity contribution is 5.97. The van der Waals surface area contributed by atoms with Gasteiger partial charge in [-0.3, -0.25) is 0 Å². The normalized spacial score (nSPS) is 10.7. The molecule has 0 saturated carbocycles. The maximum atomic E-state index is 14.6. The van der Waals surface area contributed by atoms with E-state index >= 15 is 0 Å². The number of carbonyl (C=O) groups is 5. The zero-order valence-electron chi connectivity index (χ0n) is 28.5. The second-order valence-electron chi connectivity index (χ2n) is 11.3. The number of ether oxygens (including phenoxy) is 5. The molecule has 3 aromatic rings. The van der Waals surface area contributed by atoms with E-state index in [2.05, 4.69) is 26.3 Å². The maximum absolute atomic E-state index is 14.6. The van der Waals surface area contributed by atoms with Crippen molar-refractivity contribution in [1.82, 2.24) is 0 Å². The maximum Gasteiger partial charge on any atom is 0.338 e. The van der Waals surface area contributed by atoms with Gasteiger partial charge in [0.25, 0.3) is 0 Å². The fourth-order valence-electron chi connectivity index (χ4n) is 4.10. The molecular formula is C39H35FO10. The smallest absolute Gasteiger partial charge is 0.338 e. The van der Waals surface area contributed by atoms with Crippen molar-refractivity contribution in [2.24, 2.45) is 0 Å². The van der Waals surface area contributed by atoms with Gasteiger partial charge in [-0.05, 0) is 83.0 Å². The van der Waals surface area contributed by atoms with Gasteiger partial charge in [0, 0.05) is 51.1 Å². The van der Waals surface area contributed by atoms with Gasteiger partial charge in [0.2, 0.25) is 0 Å². The molecule has 0 aliphatic heterocycles. The Morgan fingerprint density at radius 2 is 1.08 bits per heavy atom. The zero-order chi connectivity index (χ0) is 37.4. The van der Waals surface area contributed by atoms with Gasteiger partial charge in [-0.1, -0.05) is 38.4 Å². The molecular weight excluding hydrogens is 647 g/mol. The van der Waals surface area contributed by atoms with Crippen LogP contribution in [-0.2, 0) is 24.0 Å². The molecule has 0 aromatic heterocycles. The highest BCUT2D eigenvalue weighted by Gasteiger charge is 2.25. The van der Waals surface area contributed by atoms with E-state index in [0.29, 0.717) is 16.7 Å². The molecule has 0 amide bonds. The average molecular weight is 683 g/mol. The molecule has 11 heteroatoms. The van der Waals surface area contributed by atoms with Gasteiger partial charge in [-0.15, -0.1) is 0 Å². The minimum atomic E-state index is -0.961. The van der Waals surface area contributed by atoms with Crippen LogP contribution in [0.25, 0.3) is 16.7 Å². The summed E-state index contributed by atoms with van der Waals surface area (Å²) in [5, 5.41) is 0. The number of benzene rings is 3. The third-order valence-electron chi connectivity index (χ3n) is 6.71. The van der Waals surface area contributed by atoms with E-state index in [4.69, 9.17) is 23.7 Å². The topological polar surface area (TPSA) is 132 Å². The summed E-state index contributed by atoms with van der Waals surface area (Å²) >= 11 is 0. The van der Waals surface area contributed by atoms with Crippen molar-refractivity contribution in [3.05, 3.63) is 120 Å². The van der Waals surface area contributed by atoms with Crippen LogP contribution in [0.15, 0.2) is 103 Å². The van der Waals surface area contributed by atoms with Crippen molar-refractivity contribution in [2.45, 2.75) is 41.5 Å². The quantitative estimate of drug-likeness (QED) is 0.106. The summed E-state index contributed by atoms with van der Waals surface area (Å²) in [5.41, 5.74) is 1.98. The van der Waals surface area contributed by atoms with Gasteiger partial charge in [-0.2, -0.15) is 0 Å². The third-order valence-corrected chi connectivity index (χ3v) is 6.71. The molecule has 3 aromatic carbocycles. The second-order valence-corrected chi connectivity index (χ2v) is 11.3. The Hall–Kier alpha value is -6.36. The van der Waals surface area contributed by atoms with E-state index in [-0.39, 0.29) is 62.2 Å². The van der Waals surface area contributed by atoms with E-state index in [0.717, 1.165) is 18.2 Å². The van der Waals surface area contributed by atoms with Crippen LogP contribution in [0.5, 0.6) is 28.7 Å². The predicted octanol–water partition coefficient (Wildman–Crippen LogP) is 7.74. The number of halogens is 1. The molecule has 10 nitrogen and oxygen atoms in total. The number of rotatable bonds is 12. The lowest BCUT2D eigenvalue weighted by molar-refractivity contribution is -0.131. The van der Waals surface area contributed by atoms with Gasteiger partial charge in [0.05, 0.1) is 0 Å². The molecule has 50 heavy (non-hydrogen) atoms. The first-order valence-corrected chi connectivity index (χ1v) is 14.9. The van der Waals surface area contributed by atoms with Crippen LogP contribution >= 0.6 is 0 Å². The SMILES string of the molecule is C=C(C)C(=O)Oc1ccc(-c2c(OC(=O)C(=C)C)cc(/C(C)=C/C(=O)Oc3ccc(OC(=O)C(=C)C)c(F)c3)c(OC(=O)C(=C)C)c2C)cc1. The van der Waals surface area contributed by atoms with E-state index < -0.39 is 35.7 Å². The molecule has 0 bridgehead atoms. The number of allylic oxidation sites excluding steroid dienone is 1. The molecule has 0 radical (unpaired) electrons. The lowest BCUT2D eigenvalue weighted by Crippen LogP contribution is -2.14. The standard InChI is InChI=1S/C39H35FO10/c1-20(2)36(42)47-27-13-11-26(12-14-27)34-25(10)35(50-39(45)23(7)8)29(19-32(34)49-38(44)22(5)6)24(9)17-33(41)46-28-15-16-31(30(40)18-28)48-37(43)21(3)4/h11-19H,1,3,5,7H2,2,4,6,8-10H3/b24-17+. The third kappa shape index (κ3) is 9.60. The summed E-state index contributed by atoms with van der Waals surface area (Å²) in [6.07, 6.45) is 1.06. The zero-order valence-corrected chi connectivity index (χ0v) is 28.5. The van der Waals surface area contributed by atoms with Crippen LogP contribution in [0, 0.1) is 12.7 Å². The van der Waals surface area contributed by atoms with Crippen molar-refractivity contribution >= 4 is 35.4 Å². The fraction of sp³-hybridized carbons (Fsp3) is 0.154. The van der Waals surface area contributed by atoms with Crippen LogP contribution in [0.3, 0.4) is 0 Å². The number of hydrogen-bond donors (Lipinski definition) is 0. The predicted molar refractivity (Wildman–Crippen MR) is 184 cm³/mol. The Balaban J connectivity index is 2.13. The Kier molecular flexibility index (Phi) is 12.3. The van der Waals surface area contributed by atoms with Crippen molar-refractivity contribution in [2.75, 3.05) is 0 Å². The van der Waals surface area contributed by atoms with Crippen molar-refractivity contribution < 1.29 is 52.0 Å². The average Bonchev–Trinajstić information content (AvgIpc) is 3.03. The summed E-state index contributed by atoms with van der Waals surface area (Å²) in [6.45, 7) is 23.2. The summed E-state index contributed by atoms with van der Waals surface area (Å²) in [5.74, 6) is -5.18. The first-order valence-electron chi connectivity index (χ1n) is 14.9. The molecule has 3 rings (SSSR count). The van der Waals surface area contributed by atoms with E-state index in [9.17, 15) is 28.4 Å².